The third-order valence-electron chi connectivity index (χ3n) is 2.63. The van der Waals surface area contributed by atoms with E-state index in [9.17, 15) is 4.79 Å². The number of nitrogens with one attached hydrogen (secondary N) is 1. The largest absolute Gasteiger partial charge is 0.386 e. The third-order valence-corrected chi connectivity index (χ3v) is 3.42. The van der Waals surface area contributed by atoms with Crippen LogP contribution in [0.3, 0.4) is 0 Å². The number of benzene rings is 1. The summed E-state index contributed by atoms with van der Waals surface area (Å²) in [4.78, 5) is 20.0. The Balaban J connectivity index is 2.38. The number of nitrogens with zero attached hydrogens (tertiary/aromatic N) is 2. The zero-order valence-corrected chi connectivity index (χ0v) is 12.4. The molecule has 0 unspecified atom stereocenters. The van der Waals surface area contributed by atoms with Crippen molar-refractivity contribution in [3.63, 3.8) is 0 Å². The molecule has 0 saturated carbocycles. The van der Waals surface area contributed by atoms with Crippen molar-refractivity contribution in [1.82, 2.24) is 15.3 Å². The summed E-state index contributed by atoms with van der Waals surface area (Å²) in [7, 11) is 0. The van der Waals surface area contributed by atoms with E-state index in [1.165, 1.54) is 0 Å². The van der Waals surface area contributed by atoms with Crippen LogP contribution in [0.15, 0.2) is 43.0 Å². The van der Waals surface area contributed by atoms with E-state index >= 15 is 0 Å². The fourth-order valence-electron chi connectivity index (χ4n) is 1.75. The highest BCUT2D eigenvalue weighted by Crippen LogP contribution is 2.33. The number of carbonyl (C=O) groups is 1. The summed E-state index contributed by atoms with van der Waals surface area (Å²) in [5.74, 6) is 0.177. The van der Waals surface area contributed by atoms with Gasteiger partial charge in [0.2, 0.25) is 5.91 Å². The Bertz CT molecular complexity index is 689. The summed E-state index contributed by atoms with van der Waals surface area (Å²) in [5.41, 5.74) is 6.43. The molecule has 1 heterocycles. The lowest BCUT2D eigenvalue weighted by Gasteiger charge is -2.11. The number of rotatable bonds is 4. The fraction of sp³-hybridized carbons (Fsp3) is 0.0714. The van der Waals surface area contributed by atoms with E-state index in [2.05, 4.69) is 21.9 Å². The van der Waals surface area contributed by atoms with Crippen LogP contribution in [0.25, 0.3) is 11.4 Å². The maximum absolute atomic E-state index is 11.8. The lowest BCUT2D eigenvalue weighted by Crippen LogP contribution is -2.28. The minimum absolute atomic E-state index is 0.0193. The summed E-state index contributed by atoms with van der Waals surface area (Å²) < 4.78 is 0. The standard InChI is InChI=1S/C14H12Cl2N4O/c1-8(17)20-12(21)7-10-11(15)4-3-9(13(10)16)14-18-5-2-6-19-14/h2-6H,1,7,17H2,(H,20,21). The molecule has 0 aliphatic carbocycles. The van der Waals surface area contributed by atoms with Gasteiger partial charge in [-0.1, -0.05) is 29.8 Å². The monoisotopic (exact) mass is 322 g/mol. The molecule has 0 spiro atoms. The minimum atomic E-state index is -0.350. The molecule has 5 nitrogen and oxygen atoms in total. The molecule has 2 aromatic rings. The van der Waals surface area contributed by atoms with Crippen LogP contribution in [-0.2, 0) is 11.2 Å². The quantitative estimate of drug-likeness (QED) is 0.906. The second kappa shape index (κ2) is 6.56. The molecule has 0 fully saturated rings. The first-order valence-electron chi connectivity index (χ1n) is 5.97. The van der Waals surface area contributed by atoms with Crippen LogP contribution in [0.4, 0.5) is 0 Å². The number of amides is 1. The van der Waals surface area contributed by atoms with Gasteiger partial charge < -0.3 is 11.1 Å². The molecule has 0 radical (unpaired) electrons. The highest BCUT2D eigenvalue weighted by molar-refractivity contribution is 6.38. The second-order valence-electron chi connectivity index (χ2n) is 4.21. The molecule has 1 aromatic heterocycles. The van der Waals surface area contributed by atoms with Crippen LogP contribution in [0.1, 0.15) is 5.56 Å². The predicted molar refractivity (Wildman–Crippen MR) is 82.7 cm³/mol. The van der Waals surface area contributed by atoms with Crippen LogP contribution in [0, 0.1) is 0 Å². The van der Waals surface area contributed by atoms with Gasteiger partial charge in [0.1, 0.15) is 0 Å². The van der Waals surface area contributed by atoms with Crippen molar-refractivity contribution in [2.24, 2.45) is 5.73 Å². The highest BCUT2D eigenvalue weighted by Gasteiger charge is 2.16. The molecule has 0 aliphatic rings. The normalized spacial score (nSPS) is 10.2. The molecule has 1 aromatic carbocycles. The van der Waals surface area contributed by atoms with E-state index in [1.807, 2.05) is 0 Å². The van der Waals surface area contributed by atoms with E-state index in [1.54, 1.807) is 30.6 Å². The molecule has 0 bridgehead atoms. The van der Waals surface area contributed by atoms with Gasteiger partial charge in [-0.3, -0.25) is 4.79 Å². The molecule has 1 amide bonds. The Morgan fingerprint density at radius 1 is 1.29 bits per heavy atom. The van der Waals surface area contributed by atoms with Crippen LogP contribution in [0.2, 0.25) is 10.0 Å². The number of carbonyl (C=O) groups excluding carboxylic acids is 1. The van der Waals surface area contributed by atoms with Crippen molar-refractivity contribution < 1.29 is 4.79 Å². The summed E-state index contributed by atoms with van der Waals surface area (Å²) in [6.07, 6.45) is 3.20. The summed E-state index contributed by atoms with van der Waals surface area (Å²) >= 11 is 12.4. The number of hydrogen-bond donors (Lipinski definition) is 2. The first kappa shape index (κ1) is 15.3. The van der Waals surface area contributed by atoms with Crippen molar-refractivity contribution in [3.05, 3.63) is 58.6 Å². The molecule has 3 N–H and O–H groups in total. The highest BCUT2D eigenvalue weighted by atomic mass is 35.5. The van der Waals surface area contributed by atoms with Crippen molar-refractivity contribution in [2.75, 3.05) is 0 Å². The second-order valence-corrected chi connectivity index (χ2v) is 5.00. The Morgan fingerprint density at radius 2 is 1.95 bits per heavy atom. The van der Waals surface area contributed by atoms with E-state index in [0.717, 1.165) is 0 Å². The number of halogens is 2. The molecule has 0 saturated heterocycles. The Labute approximate surface area is 131 Å². The number of nitrogens with two attached hydrogens (primary N) is 1. The van der Waals surface area contributed by atoms with Gasteiger partial charge in [-0.05, 0) is 23.8 Å². The van der Waals surface area contributed by atoms with E-state index in [0.29, 0.717) is 27.0 Å². The molecular weight excluding hydrogens is 311 g/mol. The van der Waals surface area contributed by atoms with Crippen LogP contribution >= 0.6 is 23.2 Å². The lowest BCUT2D eigenvalue weighted by atomic mass is 10.1. The average molecular weight is 323 g/mol. The summed E-state index contributed by atoms with van der Waals surface area (Å²) in [6, 6.07) is 5.07. The average Bonchev–Trinajstić information content (AvgIpc) is 2.43. The Kier molecular flexibility index (Phi) is 4.77. The maximum atomic E-state index is 11.8. The van der Waals surface area contributed by atoms with Gasteiger partial charge in [-0.25, -0.2) is 9.97 Å². The first-order valence-corrected chi connectivity index (χ1v) is 6.73. The Hall–Kier alpha value is -2.11. The molecule has 0 aliphatic heterocycles. The topological polar surface area (TPSA) is 80.9 Å². The van der Waals surface area contributed by atoms with Gasteiger partial charge in [0.25, 0.3) is 0 Å². The van der Waals surface area contributed by atoms with Gasteiger partial charge in [0, 0.05) is 23.0 Å². The van der Waals surface area contributed by atoms with Gasteiger partial charge in [-0.2, -0.15) is 0 Å². The summed E-state index contributed by atoms with van der Waals surface area (Å²) in [6.45, 7) is 3.41. The number of hydrogen-bond acceptors (Lipinski definition) is 4. The van der Waals surface area contributed by atoms with Gasteiger partial charge in [0.15, 0.2) is 5.82 Å². The maximum Gasteiger partial charge on any atom is 0.229 e. The predicted octanol–water partition coefficient (Wildman–Crippen LogP) is 2.54. The zero-order valence-electron chi connectivity index (χ0n) is 10.9. The molecule has 7 heteroatoms. The lowest BCUT2D eigenvalue weighted by molar-refractivity contribution is -0.119. The zero-order chi connectivity index (χ0) is 15.4. The van der Waals surface area contributed by atoms with Gasteiger partial charge in [0.05, 0.1) is 17.3 Å². The molecular formula is C14H12Cl2N4O. The van der Waals surface area contributed by atoms with Crippen molar-refractivity contribution >= 4 is 29.1 Å². The van der Waals surface area contributed by atoms with E-state index in [4.69, 9.17) is 28.9 Å². The van der Waals surface area contributed by atoms with Gasteiger partial charge in [-0.15, -0.1) is 0 Å². The van der Waals surface area contributed by atoms with Crippen molar-refractivity contribution in [1.29, 1.82) is 0 Å². The molecule has 2 rings (SSSR count). The number of aromatic nitrogens is 2. The SMILES string of the molecule is C=C(N)NC(=O)Cc1c(Cl)ccc(-c2ncccn2)c1Cl. The molecule has 21 heavy (non-hydrogen) atoms. The van der Waals surface area contributed by atoms with Crippen molar-refractivity contribution in [3.8, 4) is 11.4 Å². The molecule has 108 valence electrons. The first-order chi connectivity index (χ1) is 9.99. The van der Waals surface area contributed by atoms with E-state index in [-0.39, 0.29) is 18.1 Å². The fourth-order valence-corrected chi connectivity index (χ4v) is 2.34. The smallest absolute Gasteiger partial charge is 0.229 e. The summed E-state index contributed by atoms with van der Waals surface area (Å²) in [5, 5.41) is 3.13. The van der Waals surface area contributed by atoms with Gasteiger partial charge >= 0.3 is 0 Å². The van der Waals surface area contributed by atoms with Crippen LogP contribution in [-0.4, -0.2) is 15.9 Å². The van der Waals surface area contributed by atoms with Crippen LogP contribution in [0.5, 0.6) is 0 Å². The van der Waals surface area contributed by atoms with Crippen LogP contribution < -0.4 is 11.1 Å². The molecule has 0 atom stereocenters. The third kappa shape index (κ3) is 3.71. The van der Waals surface area contributed by atoms with Crippen molar-refractivity contribution in [2.45, 2.75) is 6.42 Å². The van der Waals surface area contributed by atoms with E-state index < -0.39 is 0 Å². The minimum Gasteiger partial charge on any atom is -0.386 e. The Morgan fingerprint density at radius 3 is 2.57 bits per heavy atom.